The molecule has 1 atom stereocenters. The number of methoxy groups -OCH3 is 1. The van der Waals surface area contributed by atoms with Crippen molar-refractivity contribution >= 4 is 17.3 Å². The van der Waals surface area contributed by atoms with E-state index in [1.165, 1.54) is 12.0 Å². The highest BCUT2D eigenvalue weighted by molar-refractivity contribution is 7.12. The quantitative estimate of drug-likeness (QED) is 0.810. The van der Waals surface area contributed by atoms with E-state index < -0.39 is 5.97 Å². The van der Waals surface area contributed by atoms with Crippen LogP contribution in [0.1, 0.15) is 22.3 Å². The minimum atomic E-state index is -0.835. The summed E-state index contributed by atoms with van der Waals surface area (Å²) in [5.41, 5.74) is 0. The standard InChI is InChI=1S/C9H12O3S/c1-6-3-4-8(13-6)7(12-2)5-9(10)11/h3-4,7H,5H2,1-2H3,(H,10,11). The number of hydrogen-bond acceptors (Lipinski definition) is 3. The number of carboxylic acids is 1. The van der Waals surface area contributed by atoms with Crippen molar-refractivity contribution in [3.63, 3.8) is 0 Å². The summed E-state index contributed by atoms with van der Waals surface area (Å²) in [5, 5.41) is 8.61. The third kappa shape index (κ3) is 2.82. The minimum absolute atomic E-state index is 0.0243. The molecule has 3 nitrogen and oxygen atoms in total. The van der Waals surface area contributed by atoms with Crippen molar-refractivity contribution in [2.45, 2.75) is 19.4 Å². The topological polar surface area (TPSA) is 46.5 Å². The Morgan fingerprint density at radius 3 is 2.77 bits per heavy atom. The van der Waals surface area contributed by atoms with Crippen LogP contribution < -0.4 is 0 Å². The maximum Gasteiger partial charge on any atom is 0.306 e. The second-order valence-electron chi connectivity index (χ2n) is 2.77. The van der Waals surface area contributed by atoms with Gasteiger partial charge in [0.05, 0.1) is 6.42 Å². The summed E-state index contributed by atoms with van der Waals surface area (Å²) in [6.07, 6.45) is -0.285. The zero-order valence-electron chi connectivity index (χ0n) is 7.61. The van der Waals surface area contributed by atoms with Crippen molar-refractivity contribution < 1.29 is 14.6 Å². The Morgan fingerprint density at radius 1 is 1.69 bits per heavy atom. The van der Waals surface area contributed by atoms with Crippen molar-refractivity contribution in [2.75, 3.05) is 7.11 Å². The van der Waals surface area contributed by atoms with Gasteiger partial charge in [-0.05, 0) is 19.1 Å². The summed E-state index contributed by atoms with van der Waals surface area (Å²) >= 11 is 1.57. The molecule has 0 radical (unpaired) electrons. The second-order valence-corrected chi connectivity index (χ2v) is 4.09. The molecule has 1 heterocycles. The van der Waals surface area contributed by atoms with Crippen LogP contribution in [0, 0.1) is 6.92 Å². The Kier molecular flexibility index (Phi) is 3.45. The highest BCUT2D eigenvalue weighted by atomic mass is 32.1. The fourth-order valence-electron chi connectivity index (χ4n) is 1.09. The molecule has 1 aromatic rings. The van der Waals surface area contributed by atoms with E-state index >= 15 is 0 Å². The Labute approximate surface area is 81.0 Å². The van der Waals surface area contributed by atoms with Gasteiger partial charge in [-0.25, -0.2) is 0 Å². The first-order chi connectivity index (χ1) is 6.13. The highest BCUT2D eigenvalue weighted by Gasteiger charge is 2.15. The average Bonchev–Trinajstić information content (AvgIpc) is 2.47. The van der Waals surface area contributed by atoms with Crippen molar-refractivity contribution in [1.29, 1.82) is 0 Å². The number of ether oxygens (including phenoxy) is 1. The normalized spacial score (nSPS) is 12.8. The van der Waals surface area contributed by atoms with Crippen LogP contribution in [-0.2, 0) is 9.53 Å². The lowest BCUT2D eigenvalue weighted by molar-refractivity contribution is -0.139. The van der Waals surface area contributed by atoms with Crippen LogP contribution in [0.4, 0.5) is 0 Å². The van der Waals surface area contributed by atoms with Crippen LogP contribution in [-0.4, -0.2) is 18.2 Å². The van der Waals surface area contributed by atoms with Crippen molar-refractivity contribution in [3.8, 4) is 0 Å². The minimum Gasteiger partial charge on any atom is -0.481 e. The highest BCUT2D eigenvalue weighted by Crippen LogP contribution is 2.27. The smallest absolute Gasteiger partial charge is 0.306 e. The zero-order valence-corrected chi connectivity index (χ0v) is 8.43. The summed E-state index contributed by atoms with van der Waals surface area (Å²) in [4.78, 5) is 12.6. The maximum absolute atomic E-state index is 10.5. The third-order valence-electron chi connectivity index (χ3n) is 1.72. The molecule has 1 N–H and O–H groups in total. The van der Waals surface area contributed by atoms with Gasteiger partial charge in [0.2, 0.25) is 0 Å². The molecule has 0 saturated heterocycles. The van der Waals surface area contributed by atoms with E-state index in [1.54, 1.807) is 11.3 Å². The lowest BCUT2D eigenvalue weighted by Crippen LogP contribution is -2.06. The molecule has 72 valence electrons. The molecule has 0 spiro atoms. The summed E-state index contributed by atoms with van der Waals surface area (Å²) < 4.78 is 5.09. The van der Waals surface area contributed by atoms with Crippen LogP contribution in [0.3, 0.4) is 0 Å². The van der Waals surface area contributed by atoms with Crippen LogP contribution in [0.15, 0.2) is 12.1 Å². The van der Waals surface area contributed by atoms with E-state index in [0.29, 0.717) is 0 Å². The number of thiophene rings is 1. The molecular formula is C9H12O3S. The van der Waals surface area contributed by atoms with Crippen molar-refractivity contribution in [2.24, 2.45) is 0 Å². The molecule has 0 bridgehead atoms. The summed E-state index contributed by atoms with van der Waals surface area (Å²) in [5.74, 6) is -0.835. The monoisotopic (exact) mass is 200 g/mol. The van der Waals surface area contributed by atoms with E-state index in [2.05, 4.69) is 0 Å². The Morgan fingerprint density at radius 2 is 2.38 bits per heavy atom. The maximum atomic E-state index is 10.5. The molecular weight excluding hydrogens is 188 g/mol. The number of aliphatic carboxylic acids is 1. The average molecular weight is 200 g/mol. The molecule has 1 rings (SSSR count). The molecule has 0 aliphatic heterocycles. The first-order valence-corrected chi connectivity index (χ1v) is 4.76. The molecule has 4 heteroatoms. The lowest BCUT2D eigenvalue weighted by atomic mass is 10.2. The summed E-state index contributed by atoms with van der Waals surface area (Å²) in [6.45, 7) is 1.99. The second kappa shape index (κ2) is 4.39. The Bertz CT molecular complexity index is 293. The number of aryl methyl sites for hydroxylation is 1. The van der Waals surface area contributed by atoms with Gasteiger partial charge in [-0.3, -0.25) is 4.79 Å². The van der Waals surface area contributed by atoms with Gasteiger partial charge >= 0.3 is 5.97 Å². The molecule has 1 aromatic heterocycles. The van der Waals surface area contributed by atoms with Gasteiger partial charge in [0.1, 0.15) is 6.10 Å². The molecule has 0 amide bonds. The zero-order chi connectivity index (χ0) is 9.84. The molecule has 0 aliphatic carbocycles. The molecule has 0 saturated carbocycles. The molecule has 0 fully saturated rings. The van der Waals surface area contributed by atoms with E-state index in [4.69, 9.17) is 9.84 Å². The predicted octanol–water partition coefficient (Wildman–Crippen LogP) is 2.22. The first-order valence-electron chi connectivity index (χ1n) is 3.94. The van der Waals surface area contributed by atoms with Gasteiger partial charge in [-0.1, -0.05) is 0 Å². The van der Waals surface area contributed by atoms with E-state index in [1.807, 2.05) is 19.1 Å². The fraction of sp³-hybridized carbons (Fsp3) is 0.444. The van der Waals surface area contributed by atoms with Gasteiger partial charge < -0.3 is 9.84 Å². The van der Waals surface area contributed by atoms with E-state index in [-0.39, 0.29) is 12.5 Å². The largest absolute Gasteiger partial charge is 0.481 e. The van der Waals surface area contributed by atoms with Gasteiger partial charge in [-0.2, -0.15) is 0 Å². The van der Waals surface area contributed by atoms with Gasteiger partial charge in [0.25, 0.3) is 0 Å². The third-order valence-corrected chi connectivity index (χ3v) is 2.82. The van der Waals surface area contributed by atoms with Crippen molar-refractivity contribution in [3.05, 3.63) is 21.9 Å². The number of rotatable bonds is 4. The molecule has 1 unspecified atom stereocenters. The number of hydrogen-bond donors (Lipinski definition) is 1. The Balaban J connectivity index is 2.72. The van der Waals surface area contributed by atoms with Gasteiger partial charge in [0.15, 0.2) is 0 Å². The summed E-state index contributed by atoms with van der Waals surface area (Å²) in [6, 6.07) is 3.88. The van der Waals surface area contributed by atoms with Crippen LogP contribution in [0.5, 0.6) is 0 Å². The van der Waals surface area contributed by atoms with Gasteiger partial charge in [0, 0.05) is 16.9 Å². The molecule has 0 aromatic carbocycles. The predicted molar refractivity (Wildman–Crippen MR) is 51.1 cm³/mol. The lowest BCUT2D eigenvalue weighted by Gasteiger charge is -2.09. The van der Waals surface area contributed by atoms with Crippen LogP contribution in [0.2, 0.25) is 0 Å². The van der Waals surface area contributed by atoms with Gasteiger partial charge in [-0.15, -0.1) is 11.3 Å². The number of carboxylic acid groups (broad SMARTS) is 1. The molecule has 0 aliphatic rings. The Hall–Kier alpha value is -0.870. The number of carbonyl (C=O) groups is 1. The van der Waals surface area contributed by atoms with Crippen molar-refractivity contribution in [1.82, 2.24) is 0 Å². The van der Waals surface area contributed by atoms with Crippen LogP contribution >= 0.6 is 11.3 Å². The van der Waals surface area contributed by atoms with Crippen LogP contribution in [0.25, 0.3) is 0 Å². The van der Waals surface area contributed by atoms with E-state index in [9.17, 15) is 4.79 Å². The fourth-order valence-corrected chi connectivity index (χ4v) is 2.04. The first kappa shape index (κ1) is 10.2. The summed E-state index contributed by atoms with van der Waals surface area (Å²) in [7, 11) is 1.53. The molecule has 13 heavy (non-hydrogen) atoms. The SMILES string of the molecule is COC(CC(=O)O)c1ccc(C)s1. The van der Waals surface area contributed by atoms with E-state index in [0.717, 1.165) is 4.88 Å².